The first-order valence-electron chi connectivity index (χ1n) is 8.40. The van der Waals surface area contributed by atoms with Crippen molar-refractivity contribution < 1.29 is 9.53 Å². The van der Waals surface area contributed by atoms with Crippen molar-refractivity contribution in [1.82, 2.24) is 5.32 Å². The molecule has 1 heterocycles. The number of nitrogens with two attached hydrogens (primary N) is 2. The van der Waals surface area contributed by atoms with Crippen LogP contribution in [0.1, 0.15) is 42.5 Å². The van der Waals surface area contributed by atoms with Crippen LogP contribution in [-0.2, 0) is 0 Å². The fourth-order valence-corrected chi connectivity index (χ4v) is 3.64. The zero-order chi connectivity index (χ0) is 18.0. The Morgan fingerprint density at radius 1 is 1.28 bits per heavy atom. The van der Waals surface area contributed by atoms with Gasteiger partial charge in [-0.3, -0.25) is 9.69 Å². The van der Waals surface area contributed by atoms with Crippen LogP contribution >= 0.6 is 0 Å². The summed E-state index contributed by atoms with van der Waals surface area (Å²) in [6, 6.07) is 5.37. The van der Waals surface area contributed by atoms with Crippen LogP contribution in [-0.4, -0.2) is 37.6 Å². The Kier molecular flexibility index (Phi) is 4.52. The van der Waals surface area contributed by atoms with Gasteiger partial charge in [0, 0.05) is 12.7 Å². The monoisotopic (exact) mass is 344 g/mol. The van der Waals surface area contributed by atoms with Crippen molar-refractivity contribution in [3.8, 4) is 5.75 Å². The molecule has 134 valence electrons. The summed E-state index contributed by atoms with van der Waals surface area (Å²) in [7, 11) is 3.12. The minimum Gasteiger partial charge on any atom is -0.496 e. The van der Waals surface area contributed by atoms with Crippen LogP contribution < -0.4 is 26.4 Å². The molecule has 1 saturated carbocycles. The van der Waals surface area contributed by atoms with Crippen molar-refractivity contribution in [3.05, 3.63) is 23.8 Å². The van der Waals surface area contributed by atoms with Gasteiger partial charge in [0.2, 0.25) is 11.9 Å². The standard InChI is InChI=1S/C17H24N6O2/c1-20-14(24)12-10-11(6-7-13(12)25-2)23-16(19)21-15(18)22-17(23)8-4-3-5-9-17/h6-7,10H,3-5,8-9H2,1-2H3,(H,20,24)(H4,18,19,21,22). The number of carbonyl (C=O) groups excluding carboxylic acids is 1. The van der Waals surface area contributed by atoms with Crippen molar-refractivity contribution in [2.24, 2.45) is 21.5 Å². The maximum Gasteiger partial charge on any atom is 0.254 e. The van der Waals surface area contributed by atoms with E-state index in [0.717, 1.165) is 37.8 Å². The van der Waals surface area contributed by atoms with Crippen LogP contribution in [0.25, 0.3) is 0 Å². The largest absolute Gasteiger partial charge is 0.496 e. The van der Waals surface area contributed by atoms with Gasteiger partial charge in [0.25, 0.3) is 5.91 Å². The summed E-state index contributed by atoms with van der Waals surface area (Å²) in [5.74, 6) is 0.765. The molecule has 8 heteroatoms. The summed E-state index contributed by atoms with van der Waals surface area (Å²) >= 11 is 0. The Morgan fingerprint density at radius 2 is 2.00 bits per heavy atom. The molecule has 0 atom stereocenters. The molecule has 1 fully saturated rings. The number of amides is 1. The molecule has 1 aromatic carbocycles. The molecule has 3 rings (SSSR count). The lowest BCUT2D eigenvalue weighted by molar-refractivity contribution is 0.0960. The van der Waals surface area contributed by atoms with Crippen LogP contribution in [0.2, 0.25) is 0 Å². The van der Waals surface area contributed by atoms with Crippen molar-refractivity contribution in [3.63, 3.8) is 0 Å². The number of nitrogens with zero attached hydrogens (tertiary/aromatic N) is 3. The summed E-state index contributed by atoms with van der Waals surface area (Å²) in [6.07, 6.45) is 4.92. The SMILES string of the molecule is CNC(=O)c1cc(N2C(N)=NC(N)=NC23CCCCC3)ccc1OC. The molecule has 0 saturated heterocycles. The maximum absolute atomic E-state index is 12.2. The molecule has 1 aliphatic carbocycles. The van der Waals surface area contributed by atoms with Crippen molar-refractivity contribution in [2.45, 2.75) is 37.8 Å². The highest BCUT2D eigenvalue weighted by atomic mass is 16.5. The number of carbonyl (C=O) groups is 1. The van der Waals surface area contributed by atoms with Crippen molar-refractivity contribution >= 4 is 23.5 Å². The summed E-state index contributed by atoms with van der Waals surface area (Å²) < 4.78 is 5.30. The first-order valence-corrected chi connectivity index (χ1v) is 8.40. The van der Waals surface area contributed by atoms with Gasteiger partial charge in [0.1, 0.15) is 11.4 Å². The molecule has 1 amide bonds. The van der Waals surface area contributed by atoms with Crippen LogP contribution in [0.4, 0.5) is 5.69 Å². The van der Waals surface area contributed by atoms with E-state index in [9.17, 15) is 4.79 Å². The second-order valence-electron chi connectivity index (χ2n) is 6.28. The Labute approximate surface area is 146 Å². The number of hydrogen-bond acceptors (Lipinski definition) is 7. The highest BCUT2D eigenvalue weighted by Crippen LogP contribution is 2.40. The van der Waals surface area contributed by atoms with E-state index < -0.39 is 5.66 Å². The number of guanidine groups is 2. The van der Waals surface area contributed by atoms with Crippen LogP contribution in [0, 0.1) is 0 Å². The summed E-state index contributed by atoms with van der Waals surface area (Å²) in [6.45, 7) is 0. The quantitative estimate of drug-likeness (QED) is 0.760. The second-order valence-corrected chi connectivity index (χ2v) is 6.28. The average molecular weight is 344 g/mol. The van der Waals surface area contributed by atoms with E-state index in [1.807, 2.05) is 11.0 Å². The lowest BCUT2D eigenvalue weighted by Crippen LogP contribution is -2.58. The van der Waals surface area contributed by atoms with Crippen LogP contribution in [0.5, 0.6) is 5.75 Å². The Bertz CT molecular complexity index is 737. The predicted molar refractivity (Wildman–Crippen MR) is 97.9 cm³/mol. The van der Waals surface area contributed by atoms with Gasteiger partial charge in [-0.15, -0.1) is 0 Å². The number of hydrogen-bond donors (Lipinski definition) is 3. The van der Waals surface area contributed by atoms with Gasteiger partial charge in [-0.25, -0.2) is 4.99 Å². The van der Waals surface area contributed by atoms with E-state index in [4.69, 9.17) is 16.2 Å². The van der Waals surface area contributed by atoms with Gasteiger partial charge in [-0.05, 0) is 43.9 Å². The zero-order valence-electron chi connectivity index (χ0n) is 14.6. The molecule has 0 aromatic heterocycles. The summed E-state index contributed by atoms with van der Waals surface area (Å²) in [4.78, 5) is 22.9. The number of aliphatic imine (C=N–C) groups is 2. The molecule has 8 nitrogen and oxygen atoms in total. The van der Waals surface area contributed by atoms with Crippen molar-refractivity contribution in [2.75, 3.05) is 19.1 Å². The van der Waals surface area contributed by atoms with Gasteiger partial charge >= 0.3 is 0 Å². The Hall–Kier alpha value is -2.77. The van der Waals surface area contributed by atoms with Crippen LogP contribution in [0.15, 0.2) is 28.2 Å². The number of rotatable bonds is 3. The van der Waals surface area contributed by atoms with E-state index in [1.54, 1.807) is 19.2 Å². The molecule has 1 spiro atoms. The predicted octanol–water partition coefficient (Wildman–Crippen LogP) is 1.16. The van der Waals surface area contributed by atoms with E-state index in [-0.39, 0.29) is 11.9 Å². The van der Waals surface area contributed by atoms with Gasteiger partial charge in [0.05, 0.1) is 12.7 Å². The number of nitrogens with one attached hydrogen (secondary N) is 1. The molecular formula is C17H24N6O2. The van der Waals surface area contributed by atoms with Crippen LogP contribution in [0.3, 0.4) is 0 Å². The van der Waals surface area contributed by atoms with E-state index in [0.29, 0.717) is 17.3 Å². The molecule has 0 bridgehead atoms. The first-order chi connectivity index (χ1) is 12.0. The number of methoxy groups -OCH3 is 1. The molecule has 2 aliphatic rings. The summed E-state index contributed by atoms with van der Waals surface area (Å²) in [5, 5.41) is 2.63. The lowest BCUT2D eigenvalue weighted by Gasteiger charge is -2.45. The third-order valence-electron chi connectivity index (χ3n) is 4.76. The van der Waals surface area contributed by atoms with Gasteiger partial charge in [-0.2, -0.15) is 4.99 Å². The van der Waals surface area contributed by atoms with E-state index in [2.05, 4.69) is 15.3 Å². The molecular weight excluding hydrogens is 320 g/mol. The molecule has 25 heavy (non-hydrogen) atoms. The minimum atomic E-state index is -0.539. The molecule has 5 N–H and O–H groups in total. The smallest absolute Gasteiger partial charge is 0.254 e. The Morgan fingerprint density at radius 3 is 2.64 bits per heavy atom. The molecule has 1 aromatic rings. The van der Waals surface area contributed by atoms with E-state index >= 15 is 0 Å². The van der Waals surface area contributed by atoms with E-state index in [1.165, 1.54) is 7.11 Å². The molecule has 0 radical (unpaired) electrons. The molecule has 1 aliphatic heterocycles. The fraction of sp³-hybridized carbons (Fsp3) is 0.471. The second kappa shape index (κ2) is 6.62. The third-order valence-corrected chi connectivity index (χ3v) is 4.76. The van der Waals surface area contributed by atoms with Gasteiger partial charge in [-0.1, -0.05) is 6.42 Å². The van der Waals surface area contributed by atoms with Gasteiger partial charge in [0.15, 0.2) is 0 Å². The third kappa shape index (κ3) is 2.99. The fourth-order valence-electron chi connectivity index (χ4n) is 3.64. The number of ether oxygens (including phenoxy) is 1. The highest BCUT2D eigenvalue weighted by molar-refractivity contribution is 6.06. The number of benzene rings is 1. The minimum absolute atomic E-state index is 0.204. The average Bonchev–Trinajstić information content (AvgIpc) is 2.60. The highest BCUT2D eigenvalue weighted by Gasteiger charge is 2.42. The zero-order valence-corrected chi connectivity index (χ0v) is 14.6. The lowest BCUT2D eigenvalue weighted by atomic mass is 9.87. The van der Waals surface area contributed by atoms with Gasteiger partial charge < -0.3 is 21.5 Å². The number of anilines is 1. The van der Waals surface area contributed by atoms with Crippen molar-refractivity contribution in [1.29, 1.82) is 0 Å². The summed E-state index contributed by atoms with van der Waals surface area (Å²) in [5.41, 5.74) is 12.8. The topological polar surface area (TPSA) is 118 Å². The maximum atomic E-state index is 12.2. The Balaban J connectivity index is 2.09. The first kappa shape index (κ1) is 17.1. The normalized spacial score (nSPS) is 19.2. The molecule has 0 unspecified atom stereocenters.